The average Bonchev–Trinajstić information content (AvgIpc) is 2.88. The number of imidazole rings is 1. The van der Waals surface area contributed by atoms with Crippen molar-refractivity contribution in [3.05, 3.63) is 36.2 Å². The molecule has 0 aliphatic carbocycles. The van der Waals surface area contributed by atoms with Gasteiger partial charge in [0.2, 0.25) is 5.82 Å². The predicted octanol–water partition coefficient (Wildman–Crippen LogP) is 0.425. The Morgan fingerprint density at radius 1 is 1.53 bits per heavy atom. The van der Waals surface area contributed by atoms with Crippen LogP contribution >= 0.6 is 0 Å². The zero-order valence-corrected chi connectivity index (χ0v) is 9.78. The van der Waals surface area contributed by atoms with E-state index in [9.17, 15) is 0 Å². The van der Waals surface area contributed by atoms with Crippen LogP contribution in [0.2, 0.25) is 0 Å². The first-order chi connectivity index (χ1) is 8.13. The van der Waals surface area contributed by atoms with Crippen LogP contribution in [0, 0.1) is 11.3 Å². The highest BCUT2D eigenvalue weighted by atomic mass is 15.2. The molecule has 2 aromatic heterocycles. The third kappa shape index (κ3) is 2.05. The van der Waals surface area contributed by atoms with E-state index in [0.29, 0.717) is 5.82 Å². The maximum absolute atomic E-state index is 9.00. The molecular formula is C11H14N6. The van der Waals surface area contributed by atoms with Gasteiger partial charge in [0.15, 0.2) is 0 Å². The quantitative estimate of drug-likeness (QED) is 0.828. The van der Waals surface area contributed by atoms with Crippen LogP contribution in [0.4, 0.5) is 0 Å². The normalized spacial score (nSPS) is 14.2. The van der Waals surface area contributed by atoms with Gasteiger partial charge in [-0.15, -0.1) is 0 Å². The van der Waals surface area contributed by atoms with Gasteiger partial charge in [-0.25, -0.2) is 4.98 Å². The molecule has 2 N–H and O–H groups in total. The molecule has 0 aliphatic heterocycles. The smallest absolute Gasteiger partial charge is 0.213 e. The minimum absolute atomic E-state index is 0.124. The lowest BCUT2D eigenvalue weighted by molar-refractivity contribution is 0.491. The second-order valence-electron chi connectivity index (χ2n) is 4.02. The van der Waals surface area contributed by atoms with Crippen LogP contribution in [-0.2, 0) is 7.05 Å². The van der Waals surface area contributed by atoms with E-state index in [2.05, 4.69) is 16.2 Å². The molecular weight excluding hydrogens is 216 g/mol. The van der Waals surface area contributed by atoms with Gasteiger partial charge >= 0.3 is 0 Å². The average molecular weight is 230 g/mol. The van der Waals surface area contributed by atoms with Crippen molar-refractivity contribution in [2.45, 2.75) is 19.0 Å². The van der Waals surface area contributed by atoms with Crippen molar-refractivity contribution in [3.8, 4) is 6.07 Å². The summed E-state index contributed by atoms with van der Waals surface area (Å²) in [6.45, 7) is 1.90. The number of hydrogen-bond acceptors (Lipinski definition) is 4. The lowest BCUT2D eigenvalue weighted by Crippen LogP contribution is -2.30. The van der Waals surface area contributed by atoms with Crippen LogP contribution in [0.1, 0.15) is 24.4 Å². The van der Waals surface area contributed by atoms with Crippen molar-refractivity contribution in [1.29, 1.82) is 5.26 Å². The maximum Gasteiger partial charge on any atom is 0.213 e. The summed E-state index contributed by atoms with van der Waals surface area (Å²) in [5, 5.41) is 13.1. The monoisotopic (exact) mass is 230 g/mol. The van der Waals surface area contributed by atoms with Gasteiger partial charge in [0, 0.05) is 37.2 Å². The molecule has 0 saturated carbocycles. The molecule has 2 rings (SSSR count). The Morgan fingerprint density at radius 3 is 2.82 bits per heavy atom. The van der Waals surface area contributed by atoms with E-state index in [1.54, 1.807) is 27.8 Å². The molecule has 0 radical (unpaired) electrons. The topological polar surface area (TPSA) is 85.4 Å². The molecule has 0 aliphatic rings. The Bertz CT molecular complexity index is 544. The zero-order valence-electron chi connectivity index (χ0n) is 9.78. The molecule has 0 aromatic carbocycles. The lowest BCUT2D eigenvalue weighted by Gasteiger charge is -2.21. The molecule has 88 valence electrons. The minimum Gasteiger partial charge on any atom is -0.326 e. The molecule has 0 amide bonds. The predicted molar refractivity (Wildman–Crippen MR) is 61.9 cm³/mol. The fourth-order valence-corrected chi connectivity index (χ4v) is 1.93. The lowest BCUT2D eigenvalue weighted by atomic mass is 10.0. The summed E-state index contributed by atoms with van der Waals surface area (Å²) in [5.41, 5.74) is 6.97. The molecule has 6 heteroatoms. The Hall–Kier alpha value is -2.13. The third-order valence-corrected chi connectivity index (χ3v) is 2.63. The number of nitrogens with two attached hydrogens (primary N) is 1. The van der Waals surface area contributed by atoms with Gasteiger partial charge in [0.05, 0.1) is 12.2 Å². The van der Waals surface area contributed by atoms with Crippen molar-refractivity contribution in [1.82, 2.24) is 19.3 Å². The van der Waals surface area contributed by atoms with Gasteiger partial charge in [-0.1, -0.05) is 0 Å². The maximum atomic E-state index is 9.00. The van der Waals surface area contributed by atoms with Crippen LogP contribution in [0.15, 0.2) is 24.8 Å². The summed E-state index contributed by atoms with van der Waals surface area (Å²) in [6.07, 6.45) is 7.02. The van der Waals surface area contributed by atoms with Gasteiger partial charge in [-0.05, 0) is 6.92 Å². The van der Waals surface area contributed by atoms with Crippen LogP contribution in [0.3, 0.4) is 0 Å². The first kappa shape index (κ1) is 11.4. The van der Waals surface area contributed by atoms with Gasteiger partial charge in [0.1, 0.15) is 6.07 Å². The summed E-state index contributed by atoms with van der Waals surface area (Å²) >= 11 is 0. The second kappa shape index (κ2) is 4.39. The second-order valence-corrected chi connectivity index (χ2v) is 4.02. The highest BCUT2D eigenvalue weighted by Crippen LogP contribution is 2.21. The molecule has 2 atom stereocenters. The Morgan fingerprint density at radius 2 is 2.29 bits per heavy atom. The first-order valence-electron chi connectivity index (χ1n) is 5.30. The van der Waals surface area contributed by atoms with Crippen molar-refractivity contribution in [3.63, 3.8) is 0 Å². The fourth-order valence-electron chi connectivity index (χ4n) is 1.93. The van der Waals surface area contributed by atoms with E-state index in [1.807, 2.05) is 20.2 Å². The van der Waals surface area contributed by atoms with Crippen LogP contribution in [0.5, 0.6) is 0 Å². The Labute approximate surface area is 99.3 Å². The van der Waals surface area contributed by atoms with Gasteiger partial charge in [-0.2, -0.15) is 10.4 Å². The SMILES string of the molecule is CC(N)C(c1cnn(C)c1)n1ccnc1C#N. The Kier molecular flexibility index (Phi) is 2.93. The van der Waals surface area contributed by atoms with Crippen molar-refractivity contribution in [2.75, 3.05) is 0 Å². The molecule has 6 nitrogen and oxygen atoms in total. The van der Waals surface area contributed by atoms with Gasteiger partial charge < -0.3 is 10.3 Å². The zero-order chi connectivity index (χ0) is 12.4. The number of nitrogens with zero attached hydrogens (tertiary/aromatic N) is 5. The van der Waals surface area contributed by atoms with E-state index in [0.717, 1.165) is 5.56 Å². The largest absolute Gasteiger partial charge is 0.326 e. The van der Waals surface area contributed by atoms with Crippen LogP contribution in [-0.4, -0.2) is 25.4 Å². The highest BCUT2D eigenvalue weighted by molar-refractivity contribution is 5.21. The summed E-state index contributed by atoms with van der Waals surface area (Å²) in [6, 6.07) is 1.79. The first-order valence-corrected chi connectivity index (χ1v) is 5.30. The van der Waals surface area contributed by atoms with E-state index in [4.69, 9.17) is 11.0 Å². The summed E-state index contributed by atoms with van der Waals surface area (Å²) < 4.78 is 3.50. The van der Waals surface area contributed by atoms with Crippen LogP contribution < -0.4 is 5.73 Å². The minimum atomic E-state index is -0.138. The molecule has 2 unspecified atom stereocenters. The fraction of sp³-hybridized carbons (Fsp3) is 0.364. The number of rotatable bonds is 3. The molecule has 0 saturated heterocycles. The summed E-state index contributed by atoms with van der Waals surface area (Å²) in [4.78, 5) is 3.99. The molecule has 2 aromatic rings. The van der Waals surface area contributed by atoms with Crippen molar-refractivity contribution < 1.29 is 0 Å². The number of aromatic nitrogens is 4. The number of aryl methyl sites for hydroxylation is 1. The van der Waals surface area contributed by atoms with Crippen LogP contribution in [0.25, 0.3) is 0 Å². The Balaban J connectivity index is 2.47. The standard InChI is InChI=1S/C11H14N6/c1-8(13)11(9-6-15-16(2)7-9)17-4-3-14-10(17)5-12/h3-4,6-8,11H,13H2,1-2H3. The highest BCUT2D eigenvalue weighted by Gasteiger charge is 2.22. The summed E-state index contributed by atoms with van der Waals surface area (Å²) in [7, 11) is 1.85. The van der Waals surface area contributed by atoms with E-state index in [-0.39, 0.29) is 12.1 Å². The number of nitriles is 1. The number of hydrogen-bond donors (Lipinski definition) is 1. The van der Waals surface area contributed by atoms with E-state index < -0.39 is 0 Å². The molecule has 2 heterocycles. The molecule has 0 spiro atoms. The third-order valence-electron chi connectivity index (χ3n) is 2.63. The van der Waals surface area contributed by atoms with E-state index in [1.165, 1.54) is 0 Å². The summed E-state index contributed by atoms with van der Waals surface area (Å²) in [5.74, 6) is 0.358. The van der Waals surface area contributed by atoms with E-state index >= 15 is 0 Å². The van der Waals surface area contributed by atoms with Gasteiger partial charge in [-0.3, -0.25) is 4.68 Å². The molecule has 0 fully saturated rings. The molecule has 0 bridgehead atoms. The van der Waals surface area contributed by atoms with Crippen molar-refractivity contribution >= 4 is 0 Å². The van der Waals surface area contributed by atoms with Gasteiger partial charge in [0.25, 0.3) is 0 Å². The molecule has 17 heavy (non-hydrogen) atoms. The van der Waals surface area contributed by atoms with Crippen molar-refractivity contribution in [2.24, 2.45) is 12.8 Å².